The third kappa shape index (κ3) is 4.74. The molecule has 3 aliphatic rings. The zero-order valence-electron chi connectivity index (χ0n) is 19.8. The lowest BCUT2D eigenvalue weighted by Crippen LogP contribution is -2.34. The zero-order valence-corrected chi connectivity index (χ0v) is 20.5. The number of urea groups is 1. The predicted octanol–water partition coefficient (Wildman–Crippen LogP) is 4.57. The van der Waals surface area contributed by atoms with Crippen LogP contribution in [0.3, 0.4) is 0 Å². The number of ether oxygens (including phenoxy) is 3. The largest absolute Gasteiger partial charge is 0.497 e. The van der Waals surface area contributed by atoms with Crippen molar-refractivity contribution in [1.29, 1.82) is 0 Å². The van der Waals surface area contributed by atoms with Gasteiger partial charge in [0.05, 0.1) is 29.8 Å². The normalized spacial score (nSPS) is 23.2. The minimum atomic E-state index is -0.371. The van der Waals surface area contributed by atoms with Gasteiger partial charge in [-0.1, -0.05) is 18.2 Å². The minimum Gasteiger partial charge on any atom is -0.497 e. The molecule has 5 rings (SSSR count). The van der Waals surface area contributed by atoms with Crippen molar-refractivity contribution in [3.05, 3.63) is 76.9 Å². The number of allylic oxidation sites excluding steroid dienone is 4. The molecule has 1 saturated carbocycles. The van der Waals surface area contributed by atoms with Gasteiger partial charge in [0.1, 0.15) is 34.9 Å². The van der Waals surface area contributed by atoms with Crippen molar-refractivity contribution in [3.8, 4) is 11.5 Å². The van der Waals surface area contributed by atoms with E-state index in [0.29, 0.717) is 52.4 Å². The van der Waals surface area contributed by atoms with E-state index in [0.717, 1.165) is 11.1 Å². The number of nitrogens with zero attached hydrogens (tertiary/aromatic N) is 1. The van der Waals surface area contributed by atoms with E-state index < -0.39 is 0 Å². The predicted molar refractivity (Wildman–Crippen MR) is 135 cm³/mol. The molecule has 2 aromatic rings. The molecule has 186 valence electrons. The molecule has 3 heterocycles. The Bertz CT molecular complexity index is 1320. The van der Waals surface area contributed by atoms with Crippen LogP contribution in [0, 0.1) is 5.92 Å². The van der Waals surface area contributed by atoms with E-state index in [1.807, 2.05) is 13.0 Å². The van der Waals surface area contributed by atoms with Gasteiger partial charge in [-0.3, -0.25) is 4.79 Å². The van der Waals surface area contributed by atoms with Gasteiger partial charge in [0, 0.05) is 24.2 Å². The molecule has 1 aromatic carbocycles. The number of carbonyl (C=O) groups is 2. The Labute approximate surface area is 213 Å². The molecule has 0 unspecified atom stereocenters. The van der Waals surface area contributed by atoms with Gasteiger partial charge in [0.15, 0.2) is 0 Å². The number of amides is 3. The van der Waals surface area contributed by atoms with Crippen LogP contribution in [0.4, 0.5) is 16.3 Å². The summed E-state index contributed by atoms with van der Waals surface area (Å²) in [6.07, 6.45) is 6.04. The molecule has 3 amide bonds. The Kier molecular flexibility index (Phi) is 6.32. The second kappa shape index (κ2) is 9.58. The fourth-order valence-electron chi connectivity index (χ4n) is 4.34. The second-order valence-corrected chi connectivity index (χ2v) is 9.11. The summed E-state index contributed by atoms with van der Waals surface area (Å²) in [5, 5.41) is 8.80. The Balaban J connectivity index is 1.16. The van der Waals surface area contributed by atoms with Crippen molar-refractivity contribution in [2.24, 2.45) is 5.92 Å². The monoisotopic (exact) mass is 508 g/mol. The van der Waals surface area contributed by atoms with E-state index >= 15 is 0 Å². The summed E-state index contributed by atoms with van der Waals surface area (Å²) in [6.45, 7) is 5.98. The number of anilines is 2. The molecule has 2 aliphatic heterocycles. The Hall–Kier alpha value is -3.98. The average molecular weight is 509 g/mol. The first-order valence-corrected chi connectivity index (χ1v) is 11.8. The first kappa shape index (κ1) is 23.7. The average Bonchev–Trinajstić information content (AvgIpc) is 3.41. The van der Waals surface area contributed by atoms with Gasteiger partial charge in [-0.05, 0) is 49.3 Å². The van der Waals surface area contributed by atoms with Gasteiger partial charge in [0.25, 0.3) is 0 Å². The smallest absolute Gasteiger partial charge is 0.319 e. The SMILES string of the molecule is C=C1/C(=C\C=C(/C)Oc2ccnc3c2CCC(=O)N3)O[C@@H]2[C@@H](NC(=O)Nc3ccc(OC)cc3Cl)[C@H]12. The van der Waals surface area contributed by atoms with Gasteiger partial charge >= 0.3 is 6.03 Å². The van der Waals surface area contributed by atoms with Crippen molar-refractivity contribution in [2.75, 3.05) is 17.7 Å². The first-order valence-electron chi connectivity index (χ1n) is 11.4. The number of hydrogen-bond acceptors (Lipinski definition) is 6. The fraction of sp³-hybridized carbons (Fsp3) is 0.269. The molecule has 36 heavy (non-hydrogen) atoms. The van der Waals surface area contributed by atoms with Crippen molar-refractivity contribution in [1.82, 2.24) is 10.3 Å². The lowest BCUT2D eigenvalue weighted by atomic mass is 10.1. The number of pyridine rings is 1. The third-order valence-electron chi connectivity index (χ3n) is 6.27. The van der Waals surface area contributed by atoms with Gasteiger partial charge in [0.2, 0.25) is 5.91 Å². The number of rotatable bonds is 6. The maximum atomic E-state index is 12.4. The summed E-state index contributed by atoms with van der Waals surface area (Å²) in [5.74, 6) is 3.08. The summed E-state index contributed by atoms with van der Waals surface area (Å²) in [7, 11) is 1.55. The molecular formula is C26H25ClN4O5. The second-order valence-electron chi connectivity index (χ2n) is 8.70. The van der Waals surface area contributed by atoms with Crippen LogP contribution < -0.4 is 25.4 Å². The van der Waals surface area contributed by atoms with E-state index in [4.69, 9.17) is 25.8 Å². The van der Waals surface area contributed by atoms with E-state index in [2.05, 4.69) is 27.5 Å². The molecule has 1 aliphatic carbocycles. The van der Waals surface area contributed by atoms with Crippen LogP contribution in [-0.4, -0.2) is 36.2 Å². The number of fused-ring (bicyclic) bond motifs is 2. The molecule has 10 heteroatoms. The molecule has 1 aromatic heterocycles. The molecule has 1 saturated heterocycles. The van der Waals surface area contributed by atoms with Gasteiger partial charge < -0.3 is 30.2 Å². The molecule has 3 N–H and O–H groups in total. The highest BCUT2D eigenvalue weighted by Crippen LogP contribution is 2.50. The molecule has 0 spiro atoms. The summed E-state index contributed by atoms with van der Waals surface area (Å²) >= 11 is 6.19. The van der Waals surface area contributed by atoms with E-state index in [1.165, 1.54) is 0 Å². The minimum absolute atomic E-state index is 0.0128. The highest BCUT2D eigenvalue weighted by atomic mass is 35.5. The highest BCUT2D eigenvalue weighted by Gasteiger charge is 2.60. The maximum absolute atomic E-state index is 12.4. The summed E-state index contributed by atoms with van der Waals surface area (Å²) < 4.78 is 17.1. The molecule has 3 atom stereocenters. The van der Waals surface area contributed by atoms with Crippen LogP contribution in [0.1, 0.15) is 18.9 Å². The van der Waals surface area contributed by atoms with Crippen molar-refractivity contribution >= 4 is 35.0 Å². The molecule has 2 fully saturated rings. The van der Waals surface area contributed by atoms with Crippen LogP contribution >= 0.6 is 11.6 Å². The molecule has 0 bridgehead atoms. The van der Waals surface area contributed by atoms with Crippen LogP contribution in [0.25, 0.3) is 0 Å². The number of carbonyl (C=O) groups excluding carboxylic acids is 2. The van der Waals surface area contributed by atoms with Gasteiger partial charge in [-0.25, -0.2) is 9.78 Å². The van der Waals surface area contributed by atoms with Crippen molar-refractivity contribution in [2.45, 2.75) is 31.9 Å². The summed E-state index contributed by atoms with van der Waals surface area (Å²) in [6, 6.07) is 6.28. The number of hydrogen-bond donors (Lipinski definition) is 3. The Morgan fingerprint density at radius 3 is 2.89 bits per heavy atom. The van der Waals surface area contributed by atoms with Crippen LogP contribution in [0.15, 0.2) is 66.3 Å². The maximum Gasteiger partial charge on any atom is 0.319 e. The fourth-order valence-corrected chi connectivity index (χ4v) is 4.55. The number of halogens is 1. The van der Waals surface area contributed by atoms with E-state index in [9.17, 15) is 9.59 Å². The van der Waals surface area contributed by atoms with E-state index in [-0.39, 0.29) is 30.0 Å². The van der Waals surface area contributed by atoms with Gasteiger partial charge in [-0.15, -0.1) is 0 Å². The Morgan fingerprint density at radius 1 is 1.33 bits per heavy atom. The van der Waals surface area contributed by atoms with E-state index in [1.54, 1.807) is 43.6 Å². The quantitative estimate of drug-likeness (QED) is 0.493. The lowest BCUT2D eigenvalue weighted by molar-refractivity contribution is -0.116. The number of nitrogens with one attached hydrogen (secondary N) is 3. The lowest BCUT2D eigenvalue weighted by Gasteiger charge is -2.18. The van der Waals surface area contributed by atoms with Crippen LogP contribution in [0.2, 0.25) is 5.02 Å². The number of benzene rings is 1. The molecule has 0 radical (unpaired) electrons. The topological polar surface area (TPSA) is 111 Å². The standard InChI is InChI=1S/C26H25ClN4O5/c1-13(35-20-10-11-28-25-16(20)6-9-21(32)30-25)4-8-19-14(2)22-23(24(22)36-19)31-26(33)29-18-7-5-15(34-3)12-17(18)27/h4-5,7-8,10-12,22-24H,2,6,9H2,1,3H3,(H,28,30,32)(H2,29,31,33)/b13-4+,19-8+/t22-,23-,24-/m0/s1. The van der Waals surface area contributed by atoms with Crippen molar-refractivity contribution in [3.63, 3.8) is 0 Å². The van der Waals surface area contributed by atoms with Crippen LogP contribution in [-0.2, 0) is 16.0 Å². The highest BCUT2D eigenvalue weighted by molar-refractivity contribution is 6.33. The third-order valence-corrected chi connectivity index (χ3v) is 6.58. The van der Waals surface area contributed by atoms with Crippen LogP contribution in [0.5, 0.6) is 11.5 Å². The number of aromatic nitrogens is 1. The molecule has 9 nitrogen and oxygen atoms in total. The molecular weight excluding hydrogens is 484 g/mol. The Morgan fingerprint density at radius 2 is 2.17 bits per heavy atom. The zero-order chi connectivity index (χ0) is 25.4. The summed E-state index contributed by atoms with van der Waals surface area (Å²) in [4.78, 5) is 28.2. The van der Waals surface area contributed by atoms with Crippen molar-refractivity contribution < 1.29 is 23.8 Å². The van der Waals surface area contributed by atoms with Gasteiger partial charge in [-0.2, -0.15) is 0 Å². The number of methoxy groups -OCH3 is 1. The summed E-state index contributed by atoms with van der Waals surface area (Å²) in [5.41, 5.74) is 2.18. The first-order chi connectivity index (χ1) is 17.3.